The average Bonchev–Trinajstić information content (AvgIpc) is 3.41. The number of nitrogens with two attached hydrogens (primary N) is 1. The number of nitrogens with one attached hydrogen (secondary N) is 1. The van der Waals surface area contributed by atoms with Crippen molar-refractivity contribution < 1.29 is 9.53 Å². The first kappa shape index (κ1) is 21.0. The van der Waals surface area contributed by atoms with E-state index in [1.54, 1.807) is 23.0 Å². The first-order valence-electron chi connectivity index (χ1n) is 10.3. The van der Waals surface area contributed by atoms with E-state index in [-0.39, 0.29) is 11.7 Å². The molecule has 3 heterocycles. The fourth-order valence-electron chi connectivity index (χ4n) is 3.54. The Hall–Kier alpha value is -3.26. The van der Waals surface area contributed by atoms with Gasteiger partial charge in [-0.2, -0.15) is 5.10 Å². The zero-order valence-corrected chi connectivity index (χ0v) is 17.9. The second kappa shape index (κ2) is 9.70. The number of amides is 1. The third-order valence-electron chi connectivity index (χ3n) is 5.07. The fraction of sp³-hybridized carbons (Fsp3) is 0.318. The van der Waals surface area contributed by atoms with Gasteiger partial charge in [-0.05, 0) is 48.7 Å². The van der Waals surface area contributed by atoms with E-state index in [1.807, 2.05) is 24.4 Å². The molecule has 0 bridgehead atoms. The van der Waals surface area contributed by atoms with Gasteiger partial charge < -0.3 is 20.7 Å². The van der Waals surface area contributed by atoms with Crippen LogP contribution in [0.4, 0.5) is 11.6 Å². The van der Waals surface area contributed by atoms with Crippen LogP contribution in [0.1, 0.15) is 28.8 Å². The van der Waals surface area contributed by atoms with Crippen LogP contribution in [0.2, 0.25) is 5.02 Å². The number of nitrogen functional groups attached to an aromatic ring is 1. The zero-order valence-electron chi connectivity index (χ0n) is 17.1. The molecule has 0 aliphatic carbocycles. The summed E-state index contributed by atoms with van der Waals surface area (Å²) in [7, 11) is 0. The summed E-state index contributed by atoms with van der Waals surface area (Å²) in [6, 6.07) is 11.1. The van der Waals surface area contributed by atoms with E-state index >= 15 is 0 Å². The van der Waals surface area contributed by atoms with Crippen LogP contribution in [-0.4, -0.2) is 46.9 Å². The van der Waals surface area contributed by atoms with Crippen molar-refractivity contribution in [2.24, 2.45) is 0 Å². The number of halogens is 1. The first-order chi connectivity index (χ1) is 15.1. The van der Waals surface area contributed by atoms with Gasteiger partial charge in [-0.3, -0.25) is 9.48 Å². The maximum Gasteiger partial charge on any atom is 0.256 e. The minimum absolute atomic E-state index is 0.196. The van der Waals surface area contributed by atoms with E-state index in [4.69, 9.17) is 22.1 Å². The van der Waals surface area contributed by atoms with Gasteiger partial charge in [0.05, 0.1) is 13.1 Å². The Balaban J connectivity index is 1.32. The second-order valence-electron chi connectivity index (χ2n) is 7.40. The Bertz CT molecular complexity index is 1050. The molecule has 0 atom stereocenters. The Morgan fingerprint density at radius 3 is 2.87 bits per heavy atom. The van der Waals surface area contributed by atoms with Crippen LogP contribution in [0.3, 0.4) is 0 Å². The SMILES string of the molecule is Nc1nn(Cc2ccnc(N3CCCC3)c2)cc1C(=O)NCCOc1cccc(Cl)c1. The van der Waals surface area contributed by atoms with Crippen LogP contribution < -0.4 is 20.7 Å². The van der Waals surface area contributed by atoms with Crippen LogP contribution in [-0.2, 0) is 6.54 Å². The Morgan fingerprint density at radius 1 is 1.23 bits per heavy atom. The molecule has 3 N–H and O–H groups in total. The lowest BCUT2D eigenvalue weighted by atomic mass is 10.2. The highest BCUT2D eigenvalue weighted by atomic mass is 35.5. The maximum absolute atomic E-state index is 12.5. The van der Waals surface area contributed by atoms with Gasteiger partial charge >= 0.3 is 0 Å². The molecule has 1 amide bonds. The summed E-state index contributed by atoms with van der Waals surface area (Å²) in [6.07, 6.45) is 5.87. The van der Waals surface area contributed by atoms with Crippen molar-refractivity contribution >= 4 is 29.1 Å². The Kier molecular flexibility index (Phi) is 6.57. The number of anilines is 2. The molecule has 1 fully saturated rings. The molecule has 9 heteroatoms. The van der Waals surface area contributed by atoms with Crippen molar-refractivity contribution in [2.75, 3.05) is 36.9 Å². The van der Waals surface area contributed by atoms with Crippen molar-refractivity contribution in [3.8, 4) is 5.75 Å². The van der Waals surface area contributed by atoms with E-state index in [2.05, 4.69) is 26.4 Å². The third-order valence-corrected chi connectivity index (χ3v) is 5.31. The molecule has 3 aromatic rings. The summed E-state index contributed by atoms with van der Waals surface area (Å²) < 4.78 is 7.26. The molecule has 4 rings (SSSR count). The zero-order chi connectivity index (χ0) is 21.6. The van der Waals surface area contributed by atoms with Crippen LogP contribution in [0, 0.1) is 0 Å². The highest BCUT2D eigenvalue weighted by Gasteiger charge is 2.16. The normalized spacial score (nSPS) is 13.4. The van der Waals surface area contributed by atoms with Gasteiger partial charge in [-0.25, -0.2) is 4.98 Å². The highest BCUT2D eigenvalue weighted by molar-refractivity contribution is 6.30. The molecule has 0 unspecified atom stereocenters. The number of ether oxygens (including phenoxy) is 1. The van der Waals surface area contributed by atoms with Crippen molar-refractivity contribution in [2.45, 2.75) is 19.4 Å². The molecule has 162 valence electrons. The summed E-state index contributed by atoms with van der Waals surface area (Å²) in [5.74, 6) is 1.54. The standard InChI is InChI=1S/C22H25ClN6O2/c23-17-4-3-5-18(13-17)31-11-8-26-22(30)19-15-29(27-21(19)24)14-16-6-7-25-20(12-16)28-9-1-2-10-28/h3-7,12-13,15H,1-2,8-11,14H2,(H2,24,27)(H,26,30). The fourth-order valence-corrected chi connectivity index (χ4v) is 3.72. The second-order valence-corrected chi connectivity index (χ2v) is 7.84. The van der Waals surface area contributed by atoms with Crippen molar-refractivity contribution in [3.05, 3.63) is 64.9 Å². The molecule has 1 aromatic carbocycles. The lowest BCUT2D eigenvalue weighted by molar-refractivity contribution is 0.0947. The van der Waals surface area contributed by atoms with Crippen LogP contribution in [0.5, 0.6) is 5.75 Å². The predicted molar refractivity (Wildman–Crippen MR) is 121 cm³/mol. The largest absolute Gasteiger partial charge is 0.492 e. The number of rotatable bonds is 8. The molecule has 2 aromatic heterocycles. The first-order valence-corrected chi connectivity index (χ1v) is 10.7. The minimum Gasteiger partial charge on any atom is -0.492 e. The van der Waals surface area contributed by atoms with Gasteiger partial charge in [0.2, 0.25) is 0 Å². The van der Waals surface area contributed by atoms with E-state index < -0.39 is 0 Å². The lowest BCUT2D eigenvalue weighted by Crippen LogP contribution is -2.28. The Morgan fingerprint density at radius 2 is 2.06 bits per heavy atom. The molecule has 1 saturated heterocycles. The average molecular weight is 441 g/mol. The van der Waals surface area contributed by atoms with Crippen LogP contribution >= 0.6 is 11.6 Å². The number of benzene rings is 1. The number of carbonyl (C=O) groups is 1. The smallest absolute Gasteiger partial charge is 0.256 e. The van der Waals surface area contributed by atoms with Crippen molar-refractivity contribution in [1.82, 2.24) is 20.1 Å². The van der Waals surface area contributed by atoms with Gasteiger partial charge in [0.15, 0.2) is 5.82 Å². The summed E-state index contributed by atoms with van der Waals surface area (Å²) in [5, 5.41) is 7.69. The molecule has 0 saturated carbocycles. The van der Waals surface area contributed by atoms with Gasteiger partial charge in [-0.15, -0.1) is 0 Å². The van der Waals surface area contributed by atoms with E-state index in [0.717, 1.165) is 24.5 Å². The number of carbonyl (C=O) groups excluding carboxylic acids is 1. The topological polar surface area (TPSA) is 98.3 Å². The van der Waals surface area contributed by atoms with Gasteiger partial charge in [0.25, 0.3) is 5.91 Å². The molecular formula is C22H25ClN6O2. The molecule has 0 spiro atoms. The number of aromatic nitrogens is 3. The van der Waals surface area contributed by atoms with Crippen LogP contribution in [0.25, 0.3) is 0 Å². The number of nitrogens with zero attached hydrogens (tertiary/aromatic N) is 4. The van der Waals surface area contributed by atoms with E-state index in [0.29, 0.717) is 36.0 Å². The number of pyridine rings is 1. The summed E-state index contributed by atoms with van der Waals surface area (Å²) >= 11 is 5.93. The summed E-state index contributed by atoms with van der Waals surface area (Å²) in [5.41, 5.74) is 7.38. The quantitative estimate of drug-likeness (QED) is 0.522. The monoisotopic (exact) mass is 440 g/mol. The third kappa shape index (κ3) is 5.46. The lowest BCUT2D eigenvalue weighted by Gasteiger charge is -2.16. The van der Waals surface area contributed by atoms with E-state index in [1.165, 1.54) is 12.8 Å². The van der Waals surface area contributed by atoms with Crippen LogP contribution in [0.15, 0.2) is 48.8 Å². The van der Waals surface area contributed by atoms with Gasteiger partial charge in [-0.1, -0.05) is 17.7 Å². The molecule has 0 radical (unpaired) electrons. The molecule has 1 aliphatic heterocycles. The summed E-state index contributed by atoms with van der Waals surface area (Å²) in [4.78, 5) is 19.2. The molecule has 31 heavy (non-hydrogen) atoms. The predicted octanol–water partition coefficient (Wildman–Crippen LogP) is 2.97. The highest BCUT2D eigenvalue weighted by Crippen LogP contribution is 2.20. The number of hydrogen-bond acceptors (Lipinski definition) is 6. The van der Waals surface area contributed by atoms with Crippen molar-refractivity contribution in [3.63, 3.8) is 0 Å². The Labute approximate surface area is 186 Å². The number of hydrogen-bond donors (Lipinski definition) is 2. The van der Waals surface area contributed by atoms with Gasteiger partial charge in [0, 0.05) is 30.5 Å². The van der Waals surface area contributed by atoms with Gasteiger partial charge in [0.1, 0.15) is 23.7 Å². The van der Waals surface area contributed by atoms with Crippen molar-refractivity contribution in [1.29, 1.82) is 0 Å². The molecular weight excluding hydrogens is 416 g/mol. The molecule has 8 nitrogen and oxygen atoms in total. The molecule has 1 aliphatic rings. The van der Waals surface area contributed by atoms with E-state index in [9.17, 15) is 4.79 Å². The minimum atomic E-state index is -0.286. The summed E-state index contributed by atoms with van der Waals surface area (Å²) in [6.45, 7) is 3.24. The maximum atomic E-state index is 12.5.